The standard InChI is InChI=1S/C28H27N5O6S/c1-17(2)15-25(27(34)30-31-40(38,39)19-13-11-18(12-14-19)33(36)37)32-26(21-8-3-4-9-22(21)28(32)35)23-16-29-24-10-6-5-7-20(23)24/h3-14,16-17,25-26,29,31H,15H2,1-2H3,(H,30,34). The fraction of sp³-hybridized carbons (Fsp3) is 0.214. The number of para-hydroxylation sites is 1. The van der Waals surface area contributed by atoms with Crippen molar-refractivity contribution in [1.82, 2.24) is 20.1 Å². The number of benzene rings is 3. The smallest absolute Gasteiger partial charge is 0.269 e. The van der Waals surface area contributed by atoms with Crippen molar-refractivity contribution in [2.45, 2.75) is 37.2 Å². The minimum Gasteiger partial charge on any atom is -0.361 e. The lowest BCUT2D eigenvalue weighted by molar-refractivity contribution is -0.384. The number of hydrogen-bond donors (Lipinski definition) is 3. The minimum atomic E-state index is -4.25. The van der Waals surface area contributed by atoms with E-state index in [4.69, 9.17) is 0 Å². The van der Waals surface area contributed by atoms with Crippen LogP contribution in [0, 0.1) is 16.0 Å². The number of H-pyrrole nitrogens is 1. The second-order valence-corrected chi connectivity index (χ2v) is 11.7. The average Bonchev–Trinajstić information content (AvgIpc) is 3.49. The van der Waals surface area contributed by atoms with E-state index in [1.54, 1.807) is 12.1 Å². The van der Waals surface area contributed by atoms with E-state index in [9.17, 15) is 28.1 Å². The van der Waals surface area contributed by atoms with Crippen LogP contribution < -0.4 is 10.3 Å². The molecule has 1 aliphatic heterocycles. The van der Waals surface area contributed by atoms with Crippen molar-refractivity contribution >= 4 is 38.4 Å². The third kappa shape index (κ3) is 4.94. The van der Waals surface area contributed by atoms with Crippen LogP contribution in [0.25, 0.3) is 10.9 Å². The topological polar surface area (TPSA) is 155 Å². The fourth-order valence-corrected chi connectivity index (χ4v) is 5.94. The molecule has 1 aromatic heterocycles. The molecule has 11 nitrogen and oxygen atoms in total. The van der Waals surface area contributed by atoms with Gasteiger partial charge >= 0.3 is 0 Å². The lowest BCUT2D eigenvalue weighted by Gasteiger charge is -2.33. The van der Waals surface area contributed by atoms with Gasteiger partial charge in [0, 0.05) is 40.4 Å². The zero-order chi connectivity index (χ0) is 28.6. The molecule has 0 spiro atoms. The Labute approximate surface area is 230 Å². The Morgan fingerprint density at radius 3 is 2.40 bits per heavy atom. The minimum absolute atomic E-state index is 0.0119. The van der Waals surface area contributed by atoms with Crippen LogP contribution in [0.4, 0.5) is 5.69 Å². The molecule has 0 radical (unpaired) electrons. The largest absolute Gasteiger partial charge is 0.361 e. The van der Waals surface area contributed by atoms with Gasteiger partial charge in [0.05, 0.1) is 15.9 Å². The highest BCUT2D eigenvalue weighted by molar-refractivity contribution is 7.89. The van der Waals surface area contributed by atoms with E-state index in [1.807, 2.05) is 56.4 Å². The molecular weight excluding hydrogens is 534 g/mol. The first-order valence-corrected chi connectivity index (χ1v) is 14.1. The first-order chi connectivity index (χ1) is 19.1. The fourth-order valence-electron chi connectivity index (χ4n) is 5.10. The first kappa shape index (κ1) is 27.0. The maximum absolute atomic E-state index is 13.8. The Morgan fingerprint density at radius 1 is 1.02 bits per heavy atom. The molecule has 3 aromatic carbocycles. The van der Waals surface area contributed by atoms with E-state index in [0.29, 0.717) is 5.56 Å². The van der Waals surface area contributed by atoms with E-state index in [1.165, 1.54) is 4.90 Å². The number of nitrogens with zero attached hydrogens (tertiary/aromatic N) is 2. The van der Waals surface area contributed by atoms with Crippen molar-refractivity contribution in [2.24, 2.45) is 5.92 Å². The molecule has 1 aliphatic rings. The number of aromatic nitrogens is 1. The maximum Gasteiger partial charge on any atom is 0.269 e. The van der Waals surface area contributed by atoms with Crippen molar-refractivity contribution in [3.63, 3.8) is 0 Å². The molecule has 206 valence electrons. The van der Waals surface area contributed by atoms with Crippen molar-refractivity contribution in [3.05, 3.63) is 106 Å². The Kier molecular flexibility index (Phi) is 7.13. The van der Waals surface area contributed by atoms with Crippen LogP contribution in [0.1, 0.15) is 47.8 Å². The number of rotatable bonds is 9. The van der Waals surface area contributed by atoms with Gasteiger partial charge in [-0.25, -0.2) is 8.42 Å². The van der Waals surface area contributed by atoms with E-state index >= 15 is 0 Å². The maximum atomic E-state index is 13.8. The molecule has 0 bridgehead atoms. The number of fused-ring (bicyclic) bond motifs is 2. The van der Waals surface area contributed by atoms with Gasteiger partial charge in [-0.05, 0) is 42.2 Å². The lowest BCUT2D eigenvalue weighted by Crippen LogP contribution is -2.53. The summed E-state index contributed by atoms with van der Waals surface area (Å²) in [7, 11) is -4.25. The molecule has 40 heavy (non-hydrogen) atoms. The summed E-state index contributed by atoms with van der Waals surface area (Å²) >= 11 is 0. The number of nitrogens with one attached hydrogen (secondary N) is 3. The summed E-state index contributed by atoms with van der Waals surface area (Å²) in [5.74, 6) is -1.04. The highest BCUT2D eigenvalue weighted by Gasteiger charge is 2.45. The molecule has 0 aliphatic carbocycles. The second kappa shape index (κ2) is 10.5. The van der Waals surface area contributed by atoms with E-state index in [0.717, 1.165) is 46.3 Å². The van der Waals surface area contributed by atoms with E-state index in [-0.39, 0.29) is 28.8 Å². The molecule has 0 saturated carbocycles. The summed E-state index contributed by atoms with van der Waals surface area (Å²) in [4.78, 5) is 44.3. The number of non-ortho nitro benzene ring substituents is 1. The van der Waals surface area contributed by atoms with Gasteiger partial charge in [-0.1, -0.05) is 50.2 Å². The second-order valence-electron chi connectivity index (χ2n) is 9.98. The molecule has 12 heteroatoms. The number of carbonyl (C=O) groups excluding carboxylic acids is 2. The lowest BCUT2D eigenvalue weighted by atomic mass is 9.95. The van der Waals surface area contributed by atoms with Gasteiger partial charge in [-0.3, -0.25) is 25.1 Å². The third-order valence-electron chi connectivity index (χ3n) is 6.91. The zero-order valence-corrected chi connectivity index (χ0v) is 22.5. The summed E-state index contributed by atoms with van der Waals surface area (Å²) in [6, 6.07) is 17.5. The van der Waals surface area contributed by atoms with Crippen molar-refractivity contribution < 1.29 is 22.9 Å². The van der Waals surface area contributed by atoms with Crippen LogP contribution in [0.15, 0.2) is 83.9 Å². The summed E-state index contributed by atoms with van der Waals surface area (Å²) in [5, 5.41) is 11.8. The number of hydrazine groups is 1. The monoisotopic (exact) mass is 561 g/mol. The third-order valence-corrected chi connectivity index (χ3v) is 8.18. The van der Waals surface area contributed by atoms with Crippen LogP contribution >= 0.6 is 0 Å². The highest BCUT2D eigenvalue weighted by atomic mass is 32.2. The molecule has 0 saturated heterocycles. The van der Waals surface area contributed by atoms with Gasteiger partial charge in [0.1, 0.15) is 6.04 Å². The normalized spacial score (nSPS) is 15.8. The number of carbonyl (C=O) groups is 2. The highest BCUT2D eigenvalue weighted by Crippen LogP contribution is 2.43. The Bertz CT molecular complexity index is 1710. The number of amides is 2. The molecule has 2 atom stereocenters. The summed E-state index contributed by atoms with van der Waals surface area (Å²) in [6.07, 6.45) is 2.10. The Hall–Kier alpha value is -4.55. The number of aromatic amines is 1. The quantitative estimate of drug-likeness (QED) is 0.207. The molecule has 2 amide bonds. The average molecular weight is 562 g/mol. The van der Waals surface area contributed by atoms with Crippen LogP contribution in [0.2, 0.25) is 0 Å². The molecular formula is C28H27N5O6S. The van der Waals surface area contributed by atoms with Crippen molar-refractivity contribution in [2.75, 3.05) is 0 Å². The van der Waals surface area contributed by atoms with Crippen LogP contribution in [0.5, 0.6) is 0 Å². The molecule has 3 N–H and O–H groups in total. The molecule has 4 aromatic rings. The van der Waals surface area contributed by atoms with Crippen LogP contribution in [-0.2, 0) is 14.8 Å². The molecule has 0 fully saturated rings. The molecule has 5 rings (SSSR count). The van der Waals surface area contributed by atoms with Crippen LogP contribution in [-0.4, -0.2) is 41.1 Å². The number of nitro benzene ring substituents is 1. The molecule has 2 heterocycles. The van der Waals surface area contributed by atoms with Gasteiger partial charge < -0.3 is 9.88 Å². The van der Waals surface area contributed by atoms with Gasteiger partial charge in [0.15, 0.2) is 0 Å². The SMILES string of the molecule is CC(C)CC(C(=O)NNS(=O)(=O)c1ccc([N+](=O)[O-])cc1)N1C(=O)c2ccccc2C1c1c[nH]c2ccccc12. The van der Waals surface area contributed by atoms with E-state index < -0.39 is 32.9 Å². The van der Waals surface area contributed by atoms with Crippen molar-refractivity contribution in [3.8, 4) is 0 Å². The van der Waals surface area contributed by atoms with E-state index in [2.05, 4.69) is 15.2 Å². The molecule has 2 unspecified atom stereocenters. The predicted octanol–water partition coefficient (Wildman–Crippen LogP) is 4.05. The number of nitro groups is 1. The summed E-state index contributed by atoms with van der Waals surface area (Å²) in [5.41, 5.74) is 4.95. The number of hydrogen-bond acceptors (Lipinski definition) is 6. The van der Waals surface area contributed by atoms with Gasteiger partial charge in [0.2, 0.25) is 0 Å². The van der Waals surface area contributed by atoms with Gasteiger partial charge in [0.25, 0.3) is 27.5 Å². The van der Waals surface area contributed by atoms with Gasteiger partial charge in [-0.2, -0.15) is 0 Å². The Balaban J connectivity index is 1.48. The van der Waals surface area contributed by atoms with Crippen LogP contribution in [0.3, 0.4) is 0 Å². The Morgan fingerprint density at radius 2 is 1.70 bits per heavy atom. The predicted molar refractivity (Wildman–Crippen MR) is 148 cm³/mol. The van der Waals surface area contributed by atoms with Crippen molar-refractivity contribution in [1.29, 1.82) is 0 Å². The first-order valence-electron chi connectivity index (χ1n) is 12.6. The summed E-state index contributed by atoms with van der Waals surface area (Å²) in [6.45, 7) is 3.82. The van der Waals surface area contributed by atoms with Gasteiger partial charge in [-0.15, -0.1) is 4.83 Å². The zero-order valence-electron chi connectivity index (χ0n) is 21.7. The summed E-state index contributed by atoms with van der Waals surface area (Å²) < 4.78 is 25.7. The number of sulfonamides is 1.